The molecule has 0 spiro atoms. The predicted octanol–water partition coefficient (Wildman–Crippen LogP) is 3.78. The summed E-state index contributed by atoms with van der Waals surface area (Å²) in [5.41, 5.74) is 1.62. The average molecular weight is 377 g/mol. The van der Waals surface area contributed by atoms with Crippen molar-refractivity contribution in [1.29, 1.82) is 5.26 Å². The van der Waals surface area contributed by atoms with Crippen LogP contribution in [0.15, 0.2) is 27.5 Å². The van der Waals surface area contributed by atoms with Crippen LogP contribution in [0.4, 0.5) is 0 Å². The molecule has 1 aromatic carbocycles. The van der Waals surface area contributed by atoms with Gasteiger partial charge in [0.05, 0.1) is 13.2 Å². The van der Waals surface area contributed by atoms with Crippen molar-refractivity contribution in [2.24, 2.45) is 0 Å². The van der Waals surface area contributed by atoms with Crippen molar-refractivity contribution >= 4 is 15.9 Å². The second-order valence-corrected chi connectivity index (χ2v) is 5.68. The lowest BCUT2D eigenvalue weighted by atomic mass is 10.0. The summed E-state index contributed by atoms with van der Waals surface area (Å²) >= 11 is 3.49. The van der Waals surface area contributed by atoms with Crippen LogP contribution in [-0.4, -0.2) is 18.2 Å². The molecule has 1 N–H and O–H groups in total. The molecule has 5 nitrogen and oxygen atoms in total. The van der Waals surface area contributed by atoms with E-state index in [-0.39, 0.29) is 5.56 Å². The first-order valence-electron chi connectivity index (χ1n) is 7.25. The van der Waals surface area contributed by atoms with Crippen molar-refractivity contribution in [1.82, 2.24) is 4.98 Å². The van der Waals surface area contributed by atoms with Gasteiger partial charge in [0.2, 0.25) is 0 Å². The van der Waals surface area contributed by atoms with Crippen LogP contribution in [0.1, 0.15) is 25.1 Å². The van der Waals surface area contributed by atoms with Gasteiger partial charge in [-0.2, -0.15) is 5.26 Å². The van der Waals surface area contributed by atoms with Crippen LogP contribution in [0, 0.1) is 18.3 Å². The fourth-order valence-electron chi connectivity index (χ4n) is 2.29. The van der Waals surface area contributed by atoms with E-state index in [4.69, 9.17) is 9.47 Å². The fraction of sp³-hybridized carbons (Fsp3) is 0.294. The quantitative estimate of drug-likeness (QED) is 0.861. The molecule has 0 aliphatic heterocycles. The van der Waals surface area contributed by atoms with Gasteiger partial charge in [0.1, 0.15) is 11.6 Å². The third kappa shape index (κ3) is 3.57. The number of ether oxygens (including phenoxy) is 2. The number of aromatic amines is 1. The number of pyridine rings is 1. The van der Waals surface area contributed by atoms with E-state index in [0.717, 1.165) is 4.47 Å². The molecule has 0 saturated heterocycles. The van der Waals surface area contributed by atoms with Crippen LogP contribution in [0.2, 0.25) is 0 Å². The highest BCUT2D eigenvalue weighted by molar-refractivity contribution is 9.10. The van der Waals surface area contributed by atoms with Crippen molar-refractivity contribution in [3.05, 3.63) is 44.3 Å². The second kappa shape index (κ2) is 7.34. The number of H-pyrrole nitrogens is 1. The minimum absolute atomic E-state index is 0.0721. The van der Waals surface area contributed by atoms with E-state index in [1.165, 1.54) is 0 Å². The maximum Gasteiger partial charge on any atom is 0.266 e. The minimum Gasteiger partial charge on any atom is -0.490 e. The Hall–Kier alpha value is -2.26. The summed E-state index contributed by atoms with van der Waals surface area (Å²) in [5, 5.41) is 9.31. The van der Waals surface area contributed by atoms with Crippen LogP contribution in [0.3, 0.4) is 0 Å². The van der Waals surface area contributed by atoms with Crippen molar-refractivity contribution in [3.8, 4) is 28.7 Å². The number of halogens is 1. The first kappa shape index (κ1) is 17.1. The van der Waals surface area contributed by atoms with Gasteiger partial charge in [0, 0.05) is 21.3 Å². The van der Waals surface area contributed by atoms with E-state index < -0.39 is 5.56 Å². The molecule has 0 atom stereocenters. The Morgan fingerprint density at radius 3 is 2.30 bits per heavy atom. The molecule has 2 rings (SSSR count). The zero-order valence-electron chi connectivity index (χ0n) is 13.2. The van der Waals surface area contributed by atoms with E-state index in [9.17, 15) is 10.1 Å². The Bertz CT molecular complexity index is 822. The summed E-state index contributed by atoms with van der Waals surface area (Å²) in [7, 11) is 0. The molecular formula is C17H17BrN2O3. The lowest BCUT2D eigenvalue weighted by molar-refractivity contribution is 0.287. The standard InChI is InChI=1S/C17H17BrN2O3/c1-4-22-15-7-12(14(18)8-16(15)23-5-2)11-6-10(3)20-17(21)13(11)9-19/h6-8H,4-5H2,1-3H3,(H,20,21). The molecule has 1 aromatic heterocycles. The van der Waals surface area contributed by atoms with Gasteiger partial charge in [-0.3, -0.25) is 4.79 Å². The molecule has 0 aliphatic rings. The molecule has 1 heterocycles. The Morgan fingerprint density at radius 2 is 1.74 bits per heavy atom. The average Bonchev–Trinajstić information content (AvgIpc) is 2.49. The zero-order chi connectivity index (χ0) is 17.0. The molecule has 120 valence electrons. The van der Waals surface area contributed by atoms with Crippen LogP contribution >= 0.6 is 15.9 Å². The number of hydrogen-bond donors (Lipinski definition) is 1. The Kier molecular flexibility index (Phi) is 5.45. The van der Waals surface area contributed by atoms with Gasteiger partial charge in [-0.05, 0) is 39.0 Å². The molecule has 0 saturated carbocycles. The monoisotopic (exact) mass is 376 g/mol. The maximum atomic E-state index is 12.0. The highest BCUT2D eigenvalue weighted by atomic mass is 79.9. The molecule has 0 aliphatic carbocycles. The van der Waals surface area contributed by atoms with Crippen molar-refractivity contribution in [2.45, 2.75) is 20.8 Å². The highest BCUT2D eigenvalue weighted by Crippen LogP contribution is 2.39. The van der Waals surface area contributed by atoms with Gasteiger partial charge >= 0.3 is 0 Å². The molecule has 0 bridgehead atoms. The molecule has 0 amide bonds. The number of nitrogens with one attached hydrogen (secondary N) is 1. The first-order chi connectivity index (χ1) is 11.0. The van der Waals surface area contributed by atoms with Crippen LogP contribution in [0.5, 0.6) is 11.5 Å². The van der Waals surface area contributed by atoms with Gasteiger partial charge in [0.15, 0.2) is 11.5 Å². The van der Waals surface area contributed by atoms with E-state index in [1.54, 1.807) is 25.1 Å². The van der Waals surface area contributed by atoms with Gasteiger partial charge in [0.25, 0.3) is 5.56 Å². The number of nitrogens with zero attached hydrogens (tertiary/aromatic N) is 1. The maximum absolute atomic E-state index is 12.0. The van der Waals surface area contributed by atoms with Crippen molar-refractivity contribution in [3.63, 3.8) is 0 Å². The van der Waals surface area contributed by atoms with Gasteiger partial charge < -0.3 is 14.5 Å². The first-order valence-corrected chi connectivity index (χ1v) is 8.04. The van der Waals surface area contributed by atoms with Crippen LogP contribution in [-0.2, 0) is 0 Å². The molecule has 0 fully saturated rings. The topological polar surface area (TPSA) is 75.1 Å². The van der Waals surface area contributed by atoms with E-state index >= 15 is 0 Å². The van der Waals surface area contributed by atoms with E-state index in [0.29, 0.717) is 41.5 Å². The SMILES string of the molecule is CCOc1cc(Br)c(-c2cc(C)[nH]c(=O)c2C#N)cc1OCC. The van der Waals surface area contributed by atoms with E-state index in [1.807, 2.05) is 19.9 Å². The van der Waals surface area contributed by atoms with E-state index in [2.05, 4.69) is 20.9 Å². The predicted molar refractivity (Wildman–Crippen MR) is 92.0 cm³/mol. The molecule has 0 radical (unpaired) electrons. The molecule has 23 heavy (non-hydrogen) atoms. The highest BCUT2D eigenvalue weighted by Gasteiger charge is 2.17. The van der Waals surface area contributed by atoms with Gasteiger partial charge in [-0.1, -0.05) is 15.9 Å². The lowest BCUT2D eigenvalue weighted by Crippen LogP contribution is -2.13. The summed E-state index contributed by atoms with van der Waals surface area (Å²) in [6.07, 6.45) is 0. The van der Waals surface area contributed by atoms with Gasteiger partial charge in [-0.15, -0.1) is 0 Å². The van der Waals surface area contributed by atoms with Crippen LogP contribution < -0.4 is 15.0 Å². The number of rotatable bonds is 5. The Balaban J connectivity index is 2.72. The zero-order valence-corrected chi connectivity index (χ0v) is 14.8. The largest absolute Gasteiger partial charge is 0.490 e. The molecular weight excluding hydrogens is 360 g/mol. The number of aryl methyl sites for hydroxylation is 1. The summed E-state index contributed by atoms with van der Waals surface area (Å²) in [6, 6.07) is 7.32. The summed E-state index contributed by atoms with van der Waals surface area (Å²) < 4.78 is 11.9. The third-order valence-corrected chi connectivity index (χ3v) is 3.86. The molecule has 2 aromatic rings. The van der Waals surface area contributed by atoms with Crippen molar-refractivity contribution in [2.75, 3.05) is 13.2 Å². The van der Waals surface area contributed by atoms with Crippen molar-refractivity contribution < 1.29 is 9.47 Å². The van der Waals surface area contributed by atoms with Gasteiger partial charge in [-0.25, -0.2) is 0 Å². The van der Waals surface area contributed by atoms with Crippen LogP contribution in [0.25, 0.3) is 11.1 Å². The normalized spacial score (nSPS) is 10.2. The number of aromatic nitrogens is 1. The summed E-state index contributed by atoms with van der Waals surface area (Å²) in [4.78, 5) is 14.6. The number of hydrogen-bond acceptors (Lipinski definition) is 4. The second-order valence-electron chi connectivity index (χ2n) is 4.83. The lowest BCUT2D eigenvalue weighted by Gasteiger charge is -2.15. The minimum atomic E-state index is -0.402. The summed E-state index contributed by atoms with van der Waals surface area (Å²) in [6.45, 7) is 6.55. The number of benzene rings is 1. The smallest absolute Gasteiger partial charge is 0.266 e. The molecule has 6 heteroatoms. The Labute approximate surface area is 143 Å². The fourth-order valence-corrected chi connectivity index (χ4v) is 2.83. The third-order valence-electron chi connectivity index (χ3n) is 3.20. The number of nitriles is 1. The molecule has 0 unspecified atom stereocenters. The summed E-state index contributed by atoms with van der Waals surface area (Å²) in [5.74, 6) is 1.19. The Morgan fingerprint density at radius 1 is 1.13 bits per heavy atom.